The van der Waals surface area contributed by atoms with Crippen LogP contribution in [0.1, 0.15) is 54.8 Å². The van der Waals surface area contributed by atoms with Gasteiger partial charge in [-0.2, -0.15) is 0 Å². The molecule has 0 radical (unpaired) electrons. The van der Waals surface area contributed by atoms with Gasteiger partial charge in [-0.05, 0) is 61.6 Å². The number of likely N-dealkylation sites (tertiary alicyclic amines) is 2. The summed E-state index contributed by atoms with van der Waals surface area (Å²) < 4.78 is 1.68. The number of likely N-dealkylation sites (N-methyl/N-ethyl adjacent to an activating group) is 4. The molecule has 8 nitrogen and oxygen atoms in total. The van der Waals surface area contributed by atoms with Crippen LogP contribution < -0.4 is 9.80 Å². The molecule has 6 atom stereocenters. The summed E-state index contributed by atoms with van der Waals surface area (Å²) in [5, 5.41) is 0. The molecule has 2 saturated heterocycles. The van der Waals surface area contributed by atoms with Crippen molar-refractivity contribution in [1.82, 2.24) is 9.80 Å². The maximum Gasteiger partial charge on any atom is 0.252 e. The Kier molecular flexibility index (Phi) is 8.85. The molecule has 4 aliphatic rings. The molecule has 10 heteroatoms. The molecule has 0 aromatic heterocycles. The predicted octanol–water partition coefficient (Wildman–Crippen LogP) is 8.01. The molecule has 2 amide bonds. The first kappa shape index (κ1) is 36.9. The van der Waals surface area contributed by atoms with Crippen LogP contribution in [0, 0.1) is 11.8 Å². The number of ketones is 2. The van der Waals surface area contributed by atoms with Crippen molar-refractivity contribution in [2.45, 2.75) is 22.9 Å². The number of benzene rings is 5. The van der Waals surface area contributed by atoms with Crippen LogP contribution in [-0.2, 0) is 20.7 Å². The molecule has 5 aromatic carbocycles. The van der Waals surface area contributed by atoms with Gasteiger partial charge in [0.15, 0.2) is 11.6 Å². The molecule has 9 rings (SSSR count). The fourth-order valence-electron chi connectivity index (χ4n) is 10.6. The lowest BCUT2D eigenvalue weighted by Gasteiger charge is -2.36. The first-order valence-corrected chi connectivity index (χ1v) is 20.4. The summed E-state index contributed by atoms with van der Waals surface area (Å²) >= 11 is 7.29. The number of Topliss-reactive ketones (excluding diaryl/α,β-unsaturated/α-hetero) is 2. The van der Waals surface area contributed by atoms with Gasteiger partial charge in [-0.1, -0.05) is 117 Å². The Labute approximate surface area is 343 Å². The number of hydrogen-bond donors (Lipinski definition) is 0. The minimum Gasteiger partial charge on any atom is -0.313 e. The summed E-state index contributed by atoms with van der Waals surface area (Å²) in [6, 6.07) is 38.5. The van der Waals surface area contributed by atoms with Crippen LogP contribution in [0.4, 0.5) is 11.4 Å². The van der Waals surface area contributed by atoms with Crippen molar-refractivity contribution in [1.29, 1.82) is 0 Å². The van der Waals surface area contributed by atoms with Gasteiger partial charge >= 0.3 is 0 Å². The highest BCUT2D eigenvalue weighted by atomic mass is 79.9. The number of nitrogens with zero attached hydrogens (tertiary/aromatic N) is 4. The minimum absolute atomic E-state index is 0.0832. The molecule has 0 saturated carbocycles. The minimum atomic E-state index is -1.21. The van der Waals surface area contributed by atoms with Crippen LogP contribution in [-0.4, -0.2) is 74.5 Å². The van der Waals surface area contributed by atoms with E-state index in [1.807, 2.05) is 111 Å². The number of anilines is 2. The highest BCUT2D eigenvalue weighted by Crippen LogP contribution is 2.59. The summed E-state index contributed by atoms with van der Waals surface area (Å²) in [5.41, 5.74) is 3.78. The Balaban J connectivity index is 1.16. The highest BCUT2D eigenvalue weighted by Gasteiger charge is 2.67. The first-order chi connectivity index (χ1) is 26.9. The molecule has 5 aromatic rings. The van der Waals surface area contributed by atoms with E-state index >= 15 is 0 Å². The van der Waals surface area contributed by atoms with Gasteiger partial charge in [0.1, 0.15) is 11.1 Å². The fourth-order valence-corrected chi connectivity index (χ4v) is 11.3. The first-order valence-electron chi connectivity index (χ1n) is 18.8. The molecule has 2 fully saturated rings. The molecule has 0 aliphatic carbocycles. The maximum absolute atomic E-state index is 14.9. The Morgan fingerprint density at radius 1 is 0.536 bits per heavy atom. The second-order valence-electron chi connectivity index (χ2n) is 15.6. The summed E-state index contributed by atoms with van der Waals surface area (Å²) in [4.78, 5) is 66.5. The van der Waals surface area contributed by atoms with Crippen molar-refractivity contribution in [2.75, 3.05) is 51.1 Å². The van der Waals surface area contributed by atoms with Gasteiger partial charge in [0, 0.05) is 81.6 Å². The summed E-state index contributed by atoms with van der Waals surface area (Å²) in [6.07, 6.45) is 0. The zero-order chi connectivity index (χ0) is 39.3. The highest BCUT2D eigenvalue weighted by molar-refractivity contribution is 9.10. The van der Waals surface area contributed by atoms with Gasteiger partial charge in [0.2, 0.25) is 0 Å². The average molecular weight is 873 g/mol. The largest absolute Gasteiger partial charge is 0.313 e. The maximum atomic E-state index is 14.9. The molecule has 0 bridgehead atoms. The molecule has 0 N–H and O–H groups in total. The third kappa shape index (κ3) is 5.01. The van der Waals surface area contributed by atoms with Crippen LogP contribution in [0.25, 0.3) is 0 Å². The molecule has 4 heterocycles. The zero-order valence-electron chi connectivity index (χ0n) is 31.4. The van der Waals surface area contributed by atoms with Crippen LogP contribution in [0.15, 0.2) is 130 Å². The monoisotopic (exact) mass is 870 g/mol. The zero-order valence-corrected chi connectivity index (χ0v) is 34.6. The molecule has 6 unspecified atom stereocenters. The molecular weight excluding hydrogens is 832 g/mol. The van der Waals surface area contributed by atoms with E-state index in [-0.39, 0.29) is 35.2 Å². The van der Waals surface area contributed by atoms with E-state index in [1.54, 1.807) is 23.9 Å². The standard InChI is InChI=1S/C46H40Br2N4O4/c1-49-25-33(39(41(53)29-11-7-5-8-12-29)45(49)35-23-31(47)19-21-37(35)51(3)43(45)55)27-15-17-28(18-16-27)34-26-50(2)46(40(34)42(54)30-13-9-6-10-14-30)36-24-32(48)20-22-38(36)52(4)44(46)56/h5-24,33-34,39-40H,25-26H2,1-4H3. The van der Waals surface area contributed by atoms with Crippen molar-refractivity contribution in [2.24, 2.45) is 11.8 Å². The van der Waals surface area contributed by atoms with Crippen molar-refractivity contribution < 1.29 is 19.2 Å². The molecule has 282 valence electrons. The second kappa shape index (κ2) is 13.4. The number of carbonyl (C=O) groups excluding carboxylic acids is 4. The number of fused-ring (bicyclic) bond motifs is 4. The van der Waals surface area contributed by atoms with Crippen molar-refractivity contribution in [3.05, 3.63) is 164 Å². The molecule has 2 spiro atoms. The third-order valence-electron chi connectivity index (χ3n) is 13.0. The SMILES string of the molecule is CN1C(=O)C2(c3cc(Br)ccc31)C(C(=O)c1ccccc1)C(c1ccc(C3CN(C)C4(C(=O)N(C)c5ccc(Br)cc54)C3C(=O)c3ccccc3)cc1)CN2C. The van der Waals surface area contributed by atoms with Gasteiger partial charge in [0.05, 0.1) is 11.8 Å². The number of hydrogen-bond acceptors (Lipinski definition) is 6. The van der Waals surface area contributed by atoms with Crippen LogP contribution in [0.2, 0.25) is 0 Å². The summed E-state index contributed by atoms with van der Waals surface area (Å²) in [6.45, 7) is 0.954. The Hall–Kier alpha value is -4.74. The second-order valence-corrected chi connectivity index (χ2v) is 17.5. The Bertz CT molecular complexity index is 2270. The van der Waals surface area contributed by atoms with Gasteiger partial charge < -0.3 is 9.80 Å². The number of amides is 2. The topological polar surface area (TPSA) is 81.2 Å². The van der Waals surface area contributed by atoms with E-state index in [0.29, 0.717) is 24.2 Å². The lowest BCUT2D eigenvalue weighted by Crippen LogP contribution is -2.53. The van der Waals surface area contributed by atoms with E-state index in [9.17, 15) is 19.2 Å². The normalized spacial score (nSPS) is 27.1. The number of carbonyl (C=O) groups is 4. The molecular formula is C46H40Br2N4O4. The Morgan fingerprint density at radius 2 is 0.893 bits per heavy atom. The third-order valence-corrected chi connectivity index (χ3v) is 14.0. The van der Waals surface area contributed by atoms with Gasteiger partial charge in [-0.3, -0.25) is 29.0 Å². The summed E-state index contributed by atoms with van der Waals surface area (Å²) in [5.74, 6) is -2.50. The lowest BCUT2D eigenvalue weighted by atomic mass is 9.69. The van der Waals surface area contributed by atoms with Crippen LogP contribution >= 0.6 is 31.9 Å². The average Bonchev–Trinajstić information content (AvgIpc) is 3.84. The van der Waals surface area contributed by atoms with E-state index < -0.39 is 22.9 Å². The smallest absolute Gasteiger partial charge is 0.252 e. The summed E-state index contributed by atoms with van der Waals surface area (Å²) in [7, 11) is 7.46. The number of halogens is 2. The van der Waals surface area contributed by atoms with Crippen LogP contribution in [0.5, 0.6) is 0 Å². The van der Waals surface area contributed by atoms with Crippen molar-refractivity contribution in [3.8, 4) is 0 Å². The van der Waals surface area contributed by atoms with Crippen molar-refractivity contribution in [3.63, 3.8) is 0 Å². The molecule has 56 heavy (non-hydrogen) atoms. The van der Waals surface area contributed by atoms with E-state index in [0.717, 1.165) is 42.6 Å². The predicted molar refractivity (Wildman–Crippen MR) is 224 cm³/mol. The number of rotatable bonds is 6. The van der Waals surface area contributed by atoms with E-state index in [2.05, 4.69) is 65.9 Å². The molecule has 4 aliphatic heterocycles. The van der Waals surface area contributed by atoms with Crippen molar-refractivity contribution >= 4 is 66.6 Å². The Morgan fingerprint density at radius 3 is 1.25 bits per heavy atom. The lowest BCUT2D eigenvalue weighted by molar-refractivity contribution is -0.129. The fraction of sp³-hybridized carbons (Fsp3) is 0.261. The quantitative estimate of drug-likeness (QED) is 0.161. The van der Waals surface area contributed by atoms with Gasteiger partial charge in [-0.15, -0.1) is 0 Å². The van der Waals surface area contributed by atoms with E-state index in [4.69, 9.17) is 0 Å². The van der Waals surface area contributed by atoms with E-state index in [1.165, 1.54) is 0 Å². The van der Waals surface area contributed by atoms with Gasteiger partial charge in [-0.25, -0.2) is 0 Å². The van der Waals surface area contributed by atoms with Gasteiger partial charge in [0.25, 0.3) is 11.8 Å². The van der Waals surface area contributed by atoms with Crippen LogP contribution in [0.3, 0.4) is 0 Å².